The number of nitrogens with zero attached hydrogens (tertiary/aromatic N) is 1. The Kier molecular flexibility index (Phi) is 5.40. The van der Waals surface area contributed by atoms with Gasteiger partial charge in [-0.25, -0.2) is 4.79 Å². The second-order valence-corrected chi connectivity index (χ2v) is 4.01. The van der Waals surface area contributed by atoms with Gasteiger partial charge in [-0.2, -0.15) is 4.57 Å². The zero-order valence-electron chi connectivity index (χ0n) is 10.6. The molecule has 0 bridgehead atoms. The minimum absolute atomic E-state index is 0.182. The van der Waals surface area contributed by atoms with Gasteiger partial charge in [-0.05, 0) is 12.0 Å². The van der Waals surface area contributed by atoms with Crippen molar-refractivity contribution < 1.29 is 14.1 Å². The van der Waals surface area contributed by atoms with Gasteiger partial charge in [0.1, 0.15) is 0 Å². The normalized spacial score (nSPS) is 10.0. The maximum Gasteiger partial charge on any atom is 0.372 e. The molecule has 3 nitrogen and oxygen atoms in total. The molecular formula is C14H20NO2+. The Morgan fingerprint density at radius 3 is 2.94 bits per heavy atom. The average molecular weight is 234 g/mol. The van der Waals surface area contributed by atoms with Crippen molar-refractivity contribution in [3.63, 3.8) is 0 Å². The molecule has 1 aromatic heterocycles. The number of hydrogen-bond acceptors (Lipinski definition) is 2. The number of ether oxygens (including phenoxy) is 1. The molecule has 0 aliphatic carbocycles. The number of hydrogen-bond donors (Lipinski definition) is 0. The number of carbonyl (C=O) groups excluding carboxylic acids is 1. The van der Waals surface area contributed by atoms with Crippen LogP contribution in [-0.4, -0.2) is 12.6 Å². The first-order valence-corrected chi connectivity index (χ1v) is 5.95. The van der Waals surface area contributed by atoms with E-state index in [1.54, 1.807) is 6.08 Å². The summed E-state index contributed by atoms with van der Waals surface area (Å²) < 4.78 is 6.99. The summed E-state index contributed by atoms with van der Waals surface area (Å²) in [7, 11) is 0. The van der Waals surface area contributed by atoms with E-state index in [-0.39, 0.29) is 12.5 Å². The predicted molar refractivity (Wildman–Crippen MR) is 67.3 cm³/mol. The van der Waals surface area contributed by atoms with Crippen molar-refractivity contribution in [1.82, 2.24) is 0 Å². The number of pyridine rings is 1. The third-order valence-electron chi connectivity index (χ3n) is 2.57. The van der Waals surface area contributed by atoms with Crippen LogP contribution in [0.3, 0.4) is 0 Å². The molecule has 3 heteroatoms. The Balaban J connectivity index is 2.56. The van der Waals surface area contributed by atoms with Crippen molar-refractivity contribution in [3.8, 4) is 0 Å². The molecule has 0 saturated heterocycles. The second kappa shape index (κ2) is 6.84. The number of rotatable bonds is 6. The summed E-state index contributed by atoms with van der Waals surface area (Å²) in [5.74, 6) is -0.182. The number of unbranched alkanes of at least 4 members (excludes halogenated alkanes) is 1. The molecule has 17 heavy (non-hydrogen) atoms. The Morgan fingerprint density at radius 1 is 1.59 bits per heavy atom. The third-order valence-corrected chi connectivity index (χ3v) is 2.57. The van der Waals surface area contributed by atoms with E-state index in [1.807, 2.05) is 29.8 Å². The Labute approximate surface area is 103 Å². The average Bonchev–Trinajstić information content (AvgIpc) is 2.32. The minimum atomic E-state index is -0.182. The first-order chi connectivity index (χ1) is 8.17. The van der Waals surface area contributed by atoms with Gasteiger partial charge in [0, 0.05) is 19.1 Å². The highest BCUT2D eigenvalue weighted by Crippen LogP contribution is 2.00. The number of carbonyl (C=O) groups is 1. The molecule has 0 atom stereocenters. The molecule has 0 spiro atoms. The number of aryl methyl sites for hydroxylation is 1. The van der Waals surface area contributed by atoms with Gasteiger partial charge in [0.05, 0.1) is 6.61 Å². The van der Waals surface area contributed by atoms with E-state index in [0.29, 0.717) is 6.61 Å². The van der Waals surface area contributed by atoms with Crippen LogP contribution in [0.4, 0.5) is 0 Å². The molecule has 92 valence electrons. The van der Waals surface area contributed by atoms with E-state index in [4.69, 9.17) is 4.74 Å². The van der Waals surface area contributed by atoms with Crippen molar-refractivity contribution in [3.05, 3.63) is 36.2 Å². The van der Waals surface area contributed by atoms with Gasteiger partial charge < -0.3 is 4.74 Å². The van der Waals surface area contributed by atoms with Gasteiger partial charge in [-0.15, -0.1) is 0 Å². The number of aromatic nitrogens is 1. The molecule has 0 radical (unpaired) electrons. The first kappa shape index (κ1) is 13.4. The van der Waals surface area contributed by atoms with Gasteiger partial charge >= 0.3 is 5.97 Å². The molecule has 0 aliphatic rings. The summed E-state index contributed by atoms with van der Waals surface area (Å²) in [6.07, 6.45) is 5.63. The van der Waals surface area contributed by atoms with E-state index < -0.39 is 0 Å². The second-order valence-electron chi connectivity index (χ2n) is 4.01. The molecule has 0 unspecified atom stereocenters. The molecule has 0 N–H and O–H groups in total. The van der Waals surface area contributed by atoms with Crippen LogP contribution < -0.4 is 4.57 Å². The van der Waals surface area contributed by atoms with Crippen molar-refractivity contribution in [2.24, 2.45) is 0 Å². The molecule has 0 fully saturated rings. The van der Waals surface area contributed by atoms with E-state index in [1.165, 1.54) is 0 Å². The lowest BCUT2D eigenvalue weighted by Crippen LogP contribution is -2.41. The highest BCUT2D eigenvalue weighted by Gasteiger charge is 2.13. The summed E-state index contributed by atoms with van der Waals surface area (Å²) in [6, 6.07) is 3.92. The molecule has 0 aromatic carbocycles. The topological polar surface area (TPSA) is 30.2 Å². The lowest BCUT2D eigenvalue weighted by atomic mass is 10.2. The summed E-state index contributed by atoms with van der Waals surface area (Å²) in [5.41, 5.74) is 2.08. The Bertz CT molecular complexity index is 399. The van der Waals surface area contributed by atoms with Crippen LogP contribution >= 0.6 is 0 Å². The van der Waals surface area contributed by atoms with Crippen LogP contribution in [0, 0.1) is 6.92 Å². The Hall–Kier alpha value is -1.64. The lowest BCUT2D eigenvalue weighted by Gasteiger charge is -2.03. The minimum Gasteiger partial charge on any atom is -0.461 e. The quantitative estimate of drug-likeness (QED) is 0.429. The molecule has 0 saturated carbocycles. The highest BCUT2D eigenvalue weighted by atomic mass is 16.5. The third kappa shape index (κ3) is 4.39. The van der Waals surface area contributed by atoms with Crippen molar-refractivity contribution in [2.75, 3.05) is 6.61 Å². The largest absolute Gasteiger partial charge is 0.461 e. The van der Waals surface area contributed by atoms with Crippen molar-refractivity contribution in [2.45, 2.75) is 33.2 Å². The van der Waals surface area contributed by atoms with Crippen LogP contribution in [0.1, 0.15) is 31.0 Å². The molecular weight excluding hydrogens is 214 g/mol. The highest BCUT2D eigenvalue weighted by molar-refractivity contribution is 5.67. The van der Waals surface area contributed by atoms with Crippen LogP contribution in [0.25, 0.3) is 6.08 Å². The monoisotopic (exact) mass is 234 g/mol. The van der Waals surface area contributed by atoms with Gasteiger partial charge in [-0.1, -0.05) is 26.0 Å². The van der Waals surface area contributed by atoms with Crippen LogP contribution in [0.15, 0.2) is 24.9 Å². The van der Waals surface area contributed by atoms with Crippen LogP contribution in [0.2, 0.25) is 0 Å². The summed E-state index contributed by atoms with van der Waals surface area (Å²) in [4.78, 5) is 11.5. The molecule has 1 rings (SSSR count). The van der Waals surface area contributed by atoms with E-state index in [0.717, 1.165) is 24.1 Å². The molecule has 1 aromatic rings. The summed E-state index contributed by atoms with van der Waals surface area (Å²) in [6.45, 7) is 8.53. The summed E-state index contributed by atoms with van der Waals surface area (Å²) in [5, 5.41) is 0. The lowest BCUT2D eigenvalue weighted by molar-refractivity contribution is -0.691. The zero-order chi connectivity index (χ0) is 12.7. The van der Waals surface area contributed by atoms with E-state index in [2.05, 4.69) is 13.5 Å². The molecule has 0 aliphatic heterocycles. The fourth-order valence-electron chi connectivity index (χ4n) is 1.49. The number of esters is 1. The first-order valence-electron chi connectivity index (χ1n) is 5.95. The smallest absolute Gasteiger partial charge is 0.372 e. The maximum atomic E-state index is 11.5. The van der Waals surface area contributed by atoms with E-state index >= 15 is 0 Å². The zero-order valence-corrected chi connectivity index (χ0v) is 10.6. The van der Waals surface area contributed by atoms with Gasteiger partial charge in [-0.3, -0.25) is 0 Å². The fourth-order valence-corrected chi connectivity index (χ4v) is 1.49. The van der Waals surface area contributed by atoms with Crippen molar-refractivity contribution >= 4 is 12.0 Å². The fraction of sp³-hybridized carbons (Fsp3) is 0.429. The predicted octanol–water partition coefficient (Wildman–Crippen LogP) is 2.27. The summed E-state index contributed by atoms with van der Waals surface area (Å²) >= 11 is 0. The van der Waals surface area contributed by atoms with Crippen molar-refractivity contribution in [1.29, 1.82) is 0 Å². The Morgan fingerprint density at radius 2 is 2.35 bits per heavy atom. The van der Waals surface area contributed by atoms with Gasteiger partial charge in [0.15, 0.2) is 11.9 Å². The van der Waals surface area contributed by atoms with E-state index in [9.17, 15) is 4.79 Å². The van der Waals surface area contributed by atoms with Crippen LogP contribution in [-0.2, 0) is 16.1 Å². The standard InChI is InChI=1S/C14H20NO2/c1-4-6-9-17-14(16)11-15-8-7-13(5-2)10-12(15)3/h5,7-8,10H,2,4,6,9,11H2,1,3H3/q+1. The SMILES string of the molecule is C=Cc1cc[n+](CC(=O)OCCCC)c(C)c1. The van der Waals surface area contributed by atoms with Gasteiger partial charge in [0.2, 0.25) is 6.54 Å². The van der Waals surface area contributed by atoms with Crippen LogP contribution in [0.5, 0.6) is 0 Å². The molecule has 0 amide bonds. The molecule has 1 heterocycles. The maximum absolute atomic E-state index is 11.5. The van der Waals surface area contributed by atoms with Gasteiger partial charge in [0.25, 0.3) is 0 Å².